The van der Waals surface area contributed by atoms with Gasteiger partial charge in [-0.05, 0) is 31.0 Å². The van der Waals surface area contributed by atoms with Gasteiger partial charge in [-0.1, -0.05) is 11.6 Å². The summed E-state index contributed by atoms with van der Waals surface area (Å²) in [6, 6.07) is 6.30. The van der Waals surface area contributed by atoms with Crippen molar-refractivity contribution in [3.8, 4) is 23.1 Å². The first kappa shape index (κ1) is 24.9. The second kappa shape index (κ2) is 9.44. The van der Waals surface area contributed by atoms with Gasteiger partial charge >= 0.3 is 6.18 Å². The van der Waals surface area contributed by atoms with Crippen LogP contribution >= 0.6 is 11.6 Å². The predicted molar refractivity (Wildman–Crippen MR) is 122 cm³/mol. The number of alkyl halides is 3. The van der Waals surface area contributed by atoms with Crippen LogP contribution < -0.4 is 5.32 Å². The number of aromatic nitrogens is 4. The molecule has 0 aliphatic carbocycles. The molecule has 35 heavy (non-hydrogen) atoms. The van der Waals surface area contributed by atoms with E-state index in [0.717, 1.165) is 6.26 Å². The quantitative estimate of drug-likeness (QED) is 0.539. The molecular formula is C21H19ClF3N7O2S. The molecule has 3 aromatic rings. The zero-order valence-electron chi connectivity index (χ0n) is 18.3. The molecule has 1 saturated heterocycles. The Hall–Kier alpha value is -3.21. The summed E-state index contributed by atoms with van der Waals surface area (Å²) in [6.07, 6.45) is 0.694. The lowest BCUT2D eigenvalue weighted by atomic mass is 10.1. The van der Waals surface area contributed by atoms with E-state index in [1.54, 1.807) is 6.07 Å². The minimum atomic E-state index is -4.72. The smallest absolute Gasteiger partial charge is 0.351 e. The molecule has 0 radical (unpaired) electrons. The number of rotatable bonds is 5. The topological polar surface area (TPSA) is 117 Å². The van der Waals surface area contributed by atoms with E-state index in [-0.39, 0.29) is 22.7 Å². The lowest BCUT2D eigenvalue weighted by Gasteiger charge is -2.30. The fourth-order valence-corrected chi connectivity index (χ4v) is 4.88. The SMILES string of the molecule is CS(=O)(=O)N1CCC(Nc2ncc(C(F)(F)F)c(-c3cn(-c4ccc(C#N)cc4Cl)cn3)n2)CC1. The molecular weight excluding hydrogens is 507 g/mol. The van der Waals surface area contributed by atoms with Crippen molar-refractivity contribution in [2.75, 3.05) is 24.7 Å². The normalized spacial score (nSPS) is 15.7. The van der Waals surface area contributed by atoms with Gasteiger partial charge in [0.1, 0.15) is 23.3 Å². The minimum Gasteiger partial charge on any atom is -0.351 e. The van der Waals surface area contributed by atoms with Gasteiger partial charge in [-0.25, -0.2) is 27.7 Å². The Balaban J connectivity index is 1.62. The van der Waals surface area contributed by atoms with Crippen LogP contribution in [0.4, 0.5) is 19.1 Å². The predicted octanol–water partition coefficient (Wildman–Crippen LogP) is 3.71. The number of hydrogen-bond donors (Lipinski definition) is 1. The third-order valence-corrected chi connectivity index (χ3v) is 7.14. The first-order valence-electron chi connectivity index (χ1n) is 10.4. The van der Waals surface area contributed by atoms with Crippen molar-refractivity contribution in [1.29, 1.82) is 5.26 Å². The highest BCUT2D eigenvalue weighted by Crippen LogP contribution is 2.36. The Kier molecular flexibility index (Phi) is 6.72. The Bertz CT molecular complexity index is 1390. The summed E-state index contributed by atoms with van der Waals surface area (Å²) in [7, 11) is -3.30. The van der Waals surface area contributed by atoms with Crippen LogP contribution in [0.3, 0.4) is 0 Å². The molecule has 1 N–H and O–H groups in total. The number of nitrogens with one attached hydrogen (secondary N) is 1. The van der Waals surface area contributed by atoms with Gasteiger partial charge in [0.05, 0.1) is 28.6 Å². The fourth-order valence-electron chi connectivity index (χ4n) is 3.73. The lowest BCUT2D eigenvalue weighted by Crippen LogP contribution is -2.42. The number of nitrogens with zero attached hydrogens (tertiary/aromatic N) is 6. The van der Waals surface area contributed by atoms with E-state index in [1.807, 2.05) is 6.07 Å². The number of benzene rings is 1. The largest absolute Gasteiger partial charge is 0.420 e. The number of hydrogen-bond acceptors (Lipinski definition) is 7. The molecule has 1 aliphatic rings. The summed E-state index contributed by atoms with van der Waals surface area (Å²) in [5, 5.41) is 12.2. The van der Waals surface area contributed by atoms with Crippen LogP contribution in [0.5, 0.6) is 0 Å². The van der Waals surface area contributed by atoms with Crippen LogP contribution in [-0.4, -0.2) is 57.6 Å². The summed E-state index contributed by atoms with van der Waals surface area (Å²) < 4.78 is 67.3. The molecule has 0 saturated carbocycles. The number of halogens is 4. The molecule has 184 valence electrons. The van der Waals surface area contributed by atoms with Gasteiger partial charge in [-0.15, -0.1) is 0 Å². The van der Waals surface area contributed by atoms with Crippen molar-refractivity contribution in [3.05, 3.63) is 53.1 Å². The fraction of sp³-hybridized carbons (Fsp3) is 0.333. The molecule has 1 aliphatic heterocycles. The molecule has 9 nitrogen and oxygen atoms in total. The van der Waals surface area contributed by atoms with E-state index in [2.05, 4.69) is 20.3 Å². The van der Waals surface area contributed by atoms with E-state index in [1.165, 1.54) is 33.5 Å². The highest BCUT2D eigenvalue weighted by atomic mass is 35.5. The molecule has 1 aromatic carbocycles. The number of piperidine rings is 1. The molecule has 4 rings (SSSR count). The molecule has 0 unspecified atom stereocenters. The Morgan fingerprint density at radius 1 is 1.23 bits per heavy atom. The third-order valence-electron chi connectivity index (χ3n) is 5.53. The van der Waals surface area contributed by atoms with Gasteiger partial charge in [0.2, 0.25) is 16.0 Å². The van der Waals surface area contributed by atoms with E-state index in [0.29, 0.717) is 43.4 Å². The number of sulfonamides is 1. The third kappa shape index (κ3) is 5.55. The van der Waals surface area contributed by atoms with Crippen LogP contribution in [0.1, 0.15) is 24.0 Å². The van der Waals surface area contributed by atoms with Gasteiger partial charge in [0.15, 0.2) is 0 Å². The number of anilines is 1. The molecule has 14 heteroatoms. The Morgan fingerprint density at radius 3 is 2.54 bits per heavy atom. The number of imidazole rings is 1. The van der Waals surface area contributed by atoms with Crippen LogP contribution in [0.2, 0.25) is 5.02 Å². The number of nitriles is 1. The highest BCUT2D eigenvalue weighted by Gasteiger charge is 2.36. The van der Waals surface area contributed by atoms with E-state index in [4.69, 9.17) is 16.9 Å². The van der Waals surface area contributed by atoms with Gasteiger partial charge < -0.3 is 9.88 Å². The maximum absolute atomic E-state index is 13.7. The van der Waals surface area contributed by atoms with Crippen molar-refractivity contribution in [3.63, 3.8) is 0 Å². The summed E-state index contributed by atoms with van der Waals surface area (Å²) in [5.74, 6) is -0.0169. The van der Waals surface area contributed by atoms with Crippen LogP contribution in [0, 0.1) is 11.3 Å². The van der Waals surface area contributed by atoms with E-state index >= 15 is 0 Å². The van der Waals surface area contributed by atoms with Crippen molar-refractivity contribution in [2.45, 2.75) is 25.1 Å². The van der Waals surface area contributed by atoms with Crippen molar-refractivity contribution in [1.82, 2.24) is 23.8 Å². The highest BCUT2D eigenvalue weighted by molar-refractivity contribution is 7.88. The second-order valence-electron chi connectivity index (χ2n) is 7.98. The Labute approximate surface area is 204 Å². The molecule has 2 aromatic heterocycles. The summed E-state index contributed by atoms with van der Waals surface area (Å²) in [5.41, 5.74) is -0.733. The molecule has 0 amide bonds. The summed E-state index contributed by atoms with van der Waals surface area (Å²) in [4.78, 5) is 12.0. The van der Waals surface area contributed by atoms with Gasteiger partial charge in [-0.2, -0.15) is 18.4 Å². The van der Waals surface area contributed by atoms with Crippen LogP contribution in [0.15, 0.2) is 36.9 Å². The first-order chi connectivity index (χ1) is 16.5. The minimum absolute atomic E-state index is 0.0169. The standard InChI is InChI=1S/C21H19ClF3N7O2S/c1-35(33,34)32-6-4-14(5-7-32)29-20-27-10-15(21(23,24)25)19(30-20)17-11-31(12-28-17)18-3-2-13(9-26)8-16(18)22/h2-3,8,10-12,14H,4-7H2,1H3,(H,27,29,30). The monoisotopic (exact) mass is 525 g/mol. The zero-order valence-corrected chi connectivity index (χ0v) is 19.9. The molecule has 0 atom stereocenters. The van der Waals surface area contributed by atoms with Crippen LogP contribution in [-0.2, 0) is 16.2 Å². The molecule has 0 bridgehead atoms. The molecule has 3 heterocycles. The summed E-state index contributed by atoms with van der Waals surface area (Å²) in [6.45, 7) is 0.583. The molecule has 0 spiro atoms. The van der Waals surface area contributed by atoms with Gasteiger partial charge in [0, 0.05) is 31.5 Å². The van der Waals surface area contributed by atoms with Crippen molar-refractivity contribution < 1.29 is 21.6 Å². The first-order valence-corrected chi connectivity index (χ1v) is 12.6. The maximum atomic E-state index is 13.7. The van der Waals surface area contributed by atoms with E-state index < -0.39 is 27.5 Å². The van der Waals surface area contributed by atoms with E-state index in [9.17, 15) is 21.6 Å². The second-order valence-corrected chi connectivity index (χ2v) is 10.4. The van der Waals surface area contributed by atoms with Gasteiger partial charge in [-0.3, -0.25) is 0 Å². The lowest BCUT2D eigenvalue weighted by molar-refractivity contribution is -0.137. The Morgan fingerprint density at radius 2 is 1.94 bits per heavy atom. The zero-order chi connectivity index (χ0) is 25.4. The molecule has 1 fully saturated rings. The van der Waals surface area contributed by atoms with Crippen molar-refractivity contribution in [2.24, 2.45) is 0 Å². The van der Waals surface area contributed by atoms with Crippen LogP contribution in [0.25, 0.3) is 17.1 Å². The van der Waals surface area contributed by atoms with Gasteiger partial charge in [0.25, 0.3) is 0 Å². The maximum Gasteiger partial charge on any atom is 0.420 e. The average Bonchev–Trinajstić information content (AvgIpc) is 3.28. The van der Waals surface area contributed by atoms with Crippen molar-refractivity contribution >= 4 is 27.6 Å². The average molecular weight is 526 g/mol. The summed E-state index contributed by atoms with van der Waals surface area (Å²) >= 11 is 6.22.